The van der Waals surface area contributed by atoms with Crippen LogP contribution in [0.25, 0.3) is 27.9 Å². The van der Waals surface area contributed by atoms with Crippen LogP contribution in [0.15, 0.2) is 59.4 Å². The van der Waals surface area contributed by atoms with Gasteiger partial charge in [0.25, 0.3) is 5.56 Å². The maximum atomic E-state index is 13.0. The van der Waals surface area contributed by atoms with E-state index in [1.165, 1.54) is 0 Å². The van der Waals surface area contributed by atoms with E-state index in [0.29, 0.717) is 12.0 Å². The lowest BCUT2D eigenvalue weighted by atomic mass is 10.1. The fourth-order valence-corrected chi connectivity index (χ4v) is 3.85. The molecule has 5 rings (SSSR count). The molecular weight excluding hydrogens is 338 g/mol. The lowest BCUT2D eigenvalue weighted by molar-refractivity contribution is 0.479. The predicted octanol–water partition coefficient (Wildman–Crippen LogP) is 3.03. The molecule has 0 aliphatic carbocycles. The minimum Gasteiger partial charge on any atom is -0.382 e. The molecule has 1 saturated heterocycles. The van der Waals surface area contributed by atoms with Crippen molar-refractivity contribution < 1.29 is 0 Å². The predicted molar refractivity (Wildman–Crippen MR) is 109 cm³/mol. The number of piperidine rings is 1. The normalized spacial score (nSPS) is 15.4. The Labute approximate surface area is 156 Å². The molecule has 6 nitrogen and oxygen atoms in total. The number of nitrogens with zero attached hydrogens (tertiary/aromatic N) is 2. The van der Waals surface area contributed by atoms with Crippen molar-refractivity contribution in [3.05, 3.63) is 65.0 Å². The lowest BCUT2D eigenvalue weighted by Crippen LogP contribution is -2.35. The zero-order chi connectivity index (χ0) is 18.2. The minimum atomic E-state index is -0.0933. The van der Waals surface area contributed by atoms with Gasteiger partial charge in [-0.1, -0.05) is 30.3 Å². The van der Waals surface area contributed by atoms with Crippen LogP contribution in [0, 0.1) is 0 Å². The Balaban J connectivity index is 1.66. The van der Waals surface area contributed by atoms with Gasteiger partial charge in [0, 0.05) is 23.2 Å². The summed E-state index contributed by atoms with van der Waals surface area (Å²) in [4.78, 5) is 20.9. The number of hydrogen-bond donors (Lipinski definition) is 3. The summed E-state index contributed by atoms with van der Waals surface area (Å²) >= 11 is 0. The Kier molecular flexibility index (Phi) is 3.90. The molecule has 0 amide bonds. The number of para-hydroxylation sites is 3. The fraction of sp³-hybridized carbons (Fsp3) is 0.238. The third-order valence-electron chi connectivity index (χ3n) is 5.21. The van der Waals surface area contributed by atoms with E-state index in [2.05, 4.69) is 26.7 Å². The number of hydrogen-bond acceptors (Lipinski definition) is 4. The van der Waals surface area contributed by atoms with E-state index >= 15 is 0 Å². The summed E-state index contributed by atoms with van der Waals surface area (Å²) in [6.07, 6.45) is 2.11. The van der Waals surface area contributed by atoms with Gasteiger partial charge in [-0.2, -0.15) is 0 Å². The summed E-state index contributed by atoms with van der Waals surface area (Å²) in [7, 11) is 0. The van der Waals surface area contributed by atoms with Crippen molar-refractivity contribution in [2.24, 2.45) is 0 Å². The first kappa shape index (κ1) is 16.1. The second kappa shape index (κ2) is 6.55. The third kappa shape index (κ3) is 2.88. The van der Waals surface area contributed by atoms with Crippen molar-refractivity contribution in [2.45, 2.75) is 18.9 Å². The molecule has 4 aromatic rings. The molecule has 27 heavy (non-hydrogen) atoms. The van der Waals surface area contributed by atoms with Crippen LogP contribution >= 0.6 is 0 Å². The van der Waals surface area contributed by atoms with Gasteiger partial charge in [0.15, 0.2) is 0 Å². The van der Waals surface area contributed by atoms with Crippen molar-refractivity contribution in [3.63, 3.8) is 0 Å². The highest BCUT2D eigenvalue weighted by atomic mass is 16.1. The van der Waals surface area contributed by atoms with Gasteiger partial charge < -0.3 is 15.6 Å². The number of pyridine rings is 1. The highest BCUT2D eigenvalue weighted by Crippen LogP contribution is 2.25. The Morgan fingerprint density at radius 3 is 2.67 bits per heavy atom. The first-order valence-corrected chi connectivity index (χ1v) is 9.37. The quantitative estimate of drug-likeness (QED) is 0.526. The summed E-state index contributed by atoms with van der Waals surface area (Å²) in [5.74, 6) is 0.547. The van der Waals surface area contributed by atoms with E-state index in [0.717, 1.165) is 53.6 Å². The van der Waals surface area contributed by atoms with Gasteiger partial charge in [0.2, 0.25) is 5.95 Å². The number of H-pyrrole nitrogens is 1. The Bertz CT molecular complexity index is 1140. The molecule has 0 saturated carbocycles. The van der Waals surface area contributed by atoms with Crippen molar-refractivity contribution in [2.75, 3.05) is 18.4 Å². The van der Waals surface area contributed by atoms with Crippen LogP contribution < -0.4 is 16.2 Å². The SMILES string of the molecule is O=c1cc(NC2CCNCC2)c2ccccc2n1-c1nc2ccccc2[nH]1. The number of anilines is 1. The van der Waals surface area contributed by atoms with E-state index in [1.54, 1.807) is 10.6 Å². The number of aromatic nitrogens is 3. The minimum absolute atomic E-state index is 0.0933. The molecule has 1 fully saturated rings. The largest absolute Gasteiger partial charge is 0.382 e. The second-order valence-electron chi connectivity index (χ2n) is 6.99. The number of benzene rings is 2. The number of aromatic amines is 1. The van der Waals surface area contributed by atoms with Crippen molar-refractivity contribution in [1.29, 1.82) is 0 Å². The van der Waals surface area contributed by atoms with Crippen LogP contribution in [0.1, 0.15) is 12.8 Å². The molecule has 3 N–H and O–H groups in total. The van der Waals surface area contributed by atoms with E-state index in [-0.39, 0.29) is 5.56 Å². The molecule has 1 aliphatic rings. The molecule has 3 heterocycles. The smallest absolute Gasteiger partial charge is 0.260 e. The first-order chi connectivity index (χ1) is 13.3. The molecular formula is C21H21N5O. The summed E-state index contributed by atoms with van der Waals surface area (Å²) in [6, 6.07) is 17.9. The lowest BCUT2D eigenvalue weighted by Gasteiger charge is -2.25. The van der Waals surface area contributed by atoms with Gasteiger partial charge in [0.1, 0.15) is 0 Å². The van der Waals surface area contributed by atoms with Gasteiger partial charge in [-0.3, -0.25) is 4.79 Å². The van der Waals surface area contributed by atoms with Crippen LogP contribution in [0.5, 0.6) is 0 Å². The standard InChI is InChI=1S/C21H21N5O/c27-20-13-18(23-14-9-11-22-12-10-14)15-5-1-4-8-19(15)26(20)21-24-16-6-2-3-7-17(16)25-21/h1-8,13-14,22-23H,9-12H2,(H,24,25). The number of rotatable bonds is 3. The van der Waals surface area contributed by atoms with Gasteiger partial charge in [-0.25, -0.2) is 9.55 Å². The molecule has 6 heteroatoms. The third-order valence-corrected chi connectivity index (χ3v) is 5.21. The molecule has 2 aromatic heterocycles. The number of nitrogens with one attached hydrogen (secondary N) is 3. The summed E-state index contributed by atoms with van der Waals surface area (Å²) in [6.45, 7) is 2.01. The van der Waals surface area contributed by atoms with Crippen molar-refractivity contribution >= 4 is 27.6 Å². The summed E-state index contributed by atoms with van der Waals surface area (Å²) < 4.78 is 1.66. The zero-order valence-corrected chi connectivity index (χ0v) is 14.9. The molecule has 2 aromatic carbocycles. The molecule has 0 unspecified atom stereocenters. The van der Waals surface area contributed by atoms with Crippen LogP contribution in [-0.2, 0) is 0 Å². The van der Waals surface area contributed by atoms with E-state index in [4.69, 9.17) is 0 Å². The number of fused-ring (bicyclic) bond motifs is 2. The van der Waals surface area contributed by atoms with Crippen LogP contribution in [0.3, 0.4) is 0 Å². The van der Waals surface area contributed by atoms with Gasteiger partial charge in [-0.05, 0) is 44.1 Å². The fourth-order valence-electron chi connectivity index (χ4n) is 3.85. The van der Waals surface area contributed by atoms with Gasteiger partial charge in [-0.15, -0.1) is 0 Å². The molecule has 136 valence electrons. The summed E-state index contributed by atoms with van der Waals surface area (Å²) in [5, 5.41) is 7.98. The maximum absolute atomic E-state index is 13.0. The van der Waals surface area contributed by atoms with Gasteiger partial charge >= 0.3 is 0 Å². The zero-order valence-electron chi connectivity index (χ0n) is 14.9. The Hall–Kier alpha value is -3.12. The highest BCUT2D eigenvalue weighted by Gasteiger charge is 2.17. The summed E-state index contributed by atoms with van der Waals surface area (Å²) in [5.41, 5.74) is 3.42. The monoisotopic (exact) mass is 359 g/mol. The highest BCUT2D eigenvalue weighted by molar-refractivity contribution is 5.92. The Morgan fingerprint density at radius 2 is 1.81 bits per heavy atom. The van der Waals surface area contributed by atoms with Crippen LogP contribution in [-0.4, -0.2) is 33.7 Å². The molecule has 1 aliphatic heterocycles. The van der Waals surface area contributed by atoms with Gasteiger partial charge in [0.05, 0.1) is 16.6 Å². The molecule has 0 spiro atoms. The van der Waals surface area contributed by atoms with E-state index in [9.17, 15) is 4.79 Å². The molecule has 0 atom stereocenters. The van der Waals surface area contributed by atoms with Crippen molar-refractivity contribution in [1.82, 2.24) is 19.9 Å². The van der Waals surface area contributed by atoms with Crippen LogP contribution in [0.4, 0.5) is 5.69 Å². The first-order valence-electron chi connectivity index (χ1n) is 9.37. The van der Waals surface area contributed by atoms with E-state index in [1.807, 2.05) is 42.5 Å². The van der Waals surface area contributed by atoms with E-state index < -0.39 is 0 Å². The average Bonchev–Trinajstić information content (AvgIpc) is 3.12. The van der Waals surface area contributed by atoms with Crippen molar-refractivity contribution in [3.8, 4) is 5.95 Å². The maximum Gasteiger partial charge on any atom is 0.260 e. The average molecular weight is 359 g/mol. The Morgan fingerprint density at radius 1 is 1.04 bits per heavy atom. The number of imidazole rings is 1. The molecule has 0 bridgehead atoms. The second-order valence-corrected chi connectivity index (χ2v) is 6.99. The van der Waals surface area contributed by atoms with Crippen LogP contribution in [0.2, 0.25) is 0 Å². The topological polar surface area (TPSA) is 74.7 Å². The molecule has 0 radical (unpaired) electrons.